The van der Waals surface area contributed by atoms with Crippen LogP contribution in [0.25, 0.3) is 0 Å². The lowest BCUT2D eigenvalue weighted by Gasteiger charge is -2.22. The minimum absolute atomic E-state index is 0.0169. The molecule has 0 amide bonds. The van der Waals surface area contributed by atoms with E-state index >= 15 is 0 Å². The van der Waals surface area contributed by atoms with Gasteiger partial charge in [0.2, 0.25) is 0 Å². The van der Waals surface area contributed by atoms with Gasteiger partial charge in [0, 0.05) is 26.4 Å². The van der Waals surface area contributed by atoms with E-state index in [2.05, 4.69) is 65.8 Å². The van der Waals surface area contributed by atoms with E-state index in [1.807, 2.05) is 0 Å². The molecule has 0 aliphatic carbocycles. The van der Waals surface area contributed by atoms with Crippen LogP contribution in [0.2, 0.25) is 0 Å². The van der Waals surface area contributed by atoms with Crippen LogP contribution in [-0.2, 0) is 33.2 Å². The van der Waals surface area contributed by atoms with Crippen LogP contribution in [0.5, 0.6) is 0 Å². The second-order valence-corrected chi connectivity index (χ2v) is 22.4. The minimum atomic E-state index is -0.385. The largest absolute Gasteiger partial charge is 0.353 e. The minimum Gasteiger partial charge on any atom is -0.353 e. The van der Waals surface area contributed by atoms with Crippen LogP contribution in [0.1, 0.15) is 350 Å². The van der Waals surface area contributed by atoms with Gasteiger partial charge < -0.3 is 33.2 Å². The van der Waals surface area contributed by atoms with Crippen LogP contribution in [0.15, 0.2) is 24.3 Å². The van der Waals surface area contributed by atoms with Crippen LogP contribution < -0.4 is 0 Å². The summed E-state index contributed by atoms with van der Waals surface area (Å²) in [7, 11) is 0. The predicted molar refractivity (Wildman–Crippen MR) is 326 cm³/mol. The molecule has 0 fully saturated rings. The van der Waals surface area contributed by atoms with Gasteiger partial charge in [0.1, 0.15) is 0 Å². The lowest BCUT2D eigenvalue weighted by Crippen LogP contribution is -2.25. The number of hydrogen-bond acceptors (Lipinski definition) is 7. The molecule has 0 radical (unpaired) electrons. The van der Waals surface area contributed by atoms with E-state index in [9.17, 15) is 0 Å². The topological polar surface area (TPSA) is 64.6 Å². The zero-order valence-electron chi connectivity index (χ0n) is 51.7. The van der Waals surface area contributed by atoms with E-state index in [-0.39, 0.29) is 25.2 Å². The van der Waals surface area contributed by atoms with E-state index in [1.165, 1.54) is 244 Å². The first-order valence-corrected chi connectivity index (χ1v) is 33.8. The highest BCUT2D eigenvalue weighted by Crippen LogP contribution is 2.19. The van der Waals surface area contributed by atoms with E-state index < -0.39 is 0 Å². The molecule has 0 aromatic carbocycles. The zero-order chi connectivity index (χ0) is 54.3. The fraction of sp³-hybridized carbons (Fsp3) is 0.941. The van der Waals surface area contributed by atoms with Crippen molar-refractivity contribution in [3.63, 3.8) is 0 Å². The molecule has 448 valence electrons. The molecule has 0 aromatic rings. The molecule has 0 rings (SSSR count). The maximum atomic E-state index is 6.62. The number of ether oxygens (including phenoxy) is 7. The summed E-state index contributed by atoms with van der Waals surface area (Å²) in [6, 6.07) is 0. The summed E-state index contributed by atoms with van der Waals surface area (Å²) >= 11 is 0. The van der Waals surface area contributed by atoms with Crippen molar-refractivity contribution >= 4 is 0 Å². The van der Waals surface area contributed by atoms with Gasteiger partial charge in [-0.3, -0.25) is 0 Å². The fourth-order valence-electron chi connectivity index (χ4n) is 9.66. The monoisotopic (exact) mass is 1060 g/mol. The second kappa shape index (κ2) is 65.7. The Labute approximate surface area is 470 Å². The first-order chi connectivity index (χ1) is 37.1. The van der Waals surface area contributed by atoms with Crippen LogP contribution in [0.3, 0.4) is 0 Å². The molecule has 0 heterocycles. The lowest BCUT2D eigenvalue weighted by molar-refractivity contribution is -0.208. The molecule has 7 nitrogen and oxygen atoms in total. The predicted octanol–water partition coefficient (Wildman–Crippen LogP) is 22.4. The second-order valence-electron chi connectivity index (χ2n) is 22.4. The van der Waals surface area contributed by atoms with Gasteiger partial charge in [0.15, 0.2) is 25.2 Å². The Morgan fingerprint density at radius 2 is 0.440 bits per heavy atom. The van der Waals surface area contributed by atoms with Gasteiger partial charge in [0.05, 0.1) is 13.2 Å². The van der Waals surface area contributed by atoms with Crippen molar-refractivity contribution in [1.82, 2.24) is 0 Å². The number of rotatable bonds is 66. The van der Waals surface area contributed by atoms with Crippen LogP contribution in [0.4, 0.5) is 0 Å². The number of hydrogen-bond donors (Lipinski definition) is 0. The Kier molecular flexibility index (Phi) is 65.0. The van der Waals surface area contributed by atoms with Gasteiger partial charge in [-0.2, -0.15) is 0 Å². The third-order valence-corrected chi connectivity index (χ3v) is 14.7. The van der Waals surface area contributed by atoms with Crippen molar-refractivity contribution in [2.45, 2.75) is 375 Å². The lowest BCUT2D eigenvalue weighted by atomic mass is 10.1. The molecule has 0 spiro atoms. The van der Waals surface area contributed by atoms with E-state index in [1.54, 1.807) is 0 Å². The average Bonchev–Trinajstić information content (AvgIpc) is 3.42. The Bertz CT molecular complexity index is 970. The Balaban J connectivity index is 4.92. The first-order valence-electron chi connectivity index (χ1n) is 33.8. The standard InChI is InChI=1S/C68H134O7/c1-7-13-19-39-49-59-69-65(70-60-50-40-20-14-8-2)55-45-35-31-27-25-29-33-37-47-57-67(73-63-53-43-23-17-11-5)75-68(74-64-54-44-24-18-12-6)58-48-38-34-30-26-28-32-36-46-56-66(71-61-51-41-21-15-9-3)72-62-52-42-22-16-10-4/h47-48,57-58,65-68H,7-46,49-56,59-64H2,1-6H3. The van der Waals surface area contributed by atoms with E-state index in [4.69, 9.17) is 33.2 Å². The summed E-state index contributed by atoms with van der Waals surface area (Å²) in [6.07, 6.45) is 67.8. The molecule has 0 N–H and O–H groups in total. The van der Waals surface area contributed by atoms with Crippen molar-refractivity contribution < 1.29 is 33.2 Å². The Morgan fingerprint density at radius 1 is 0.227 bits per heavy atom. The van der Waals surface area contributed by atoms with Crippen LogP contribution in [-0.4, -0.2) is 64.8 Å². The maximum absolute atomic E-state index is 6.62. The quantitative estimate of drug-likeness (QED) is 0.0342. The van der Waals surface area contributed by atoms with Crippen LogP contribution >= 0.6 is 0 Å². The molecule has 0 bridgehead atoms. The van der Waals surface area contributed by atoms with Crippen molar-refractivity contribution in [1.29, 1.82) is 0 Å². The summed E-state index contributed by atoms with van der Waals surface area (Å²) in [6.45, 7) is 18.5. The number of allylic oxidation sites excluding steroid dienone is 2. The van der Waals surface area contributed by atoms with Crippen molar-refractivity contribution in [2.24, 2.45) is 0 Å². The average molecular weight is 1060 g/mol. The third-order valence-electron chi connectivity index (χ3n) is 14.7. The smallest absolute Gasteiger partial charge is 0.180 e. The highest BCUT2D eigenvalue weighted by atomic mass is 16.8. The molecule has 0 saturated heterocycles. The zero-order valence-corrected chi connectivity index (χ0v) is 51.7. The highest BCUT2D eigenvalue weighted by Gasteiger charge is 2.15. The third kappa shape index (κ3) is 59.2. The van der Waals surface area contributed by atoms with Gasteiger partial charge >= 0.3 is 0 Å². The van der Waals surface area contributed by atoms with E-state index in [0.717, 1.165) is 104 Å². The molecular weight excluding hydrogens is 929 g/mol. The Hall–Kier alpha value is -0.800. The van der Waals surface area contributed by atoms with Gasteiger partial charge in [-0.15, -0.1) is 0 Å². The molecule has 7 heteroatoms. The maximum Gasteiger partial charge on any atom is 0.180 e. The van der Waals surface area contributed by atoms with Crippen molar-refractivity contribution in [3.8, 4) is 0 Å². The van der Waals surface area contributed by atoms with Crippen molar-refractivity contribution in [3.05, 3.63) is 24.3 Å². The van der Waals surface area contributed by atoms with E-state index in [0.29, 0.717) is 0 Å². The fourth-order valence-corrected chi connectivity index (χ4v) is 9.66. The summed E-state index contributed by atoms with van der Waals surface area (Å²) in [5, 5.41) is 0. The molecule has 0 saturated carbocycles. The molecule has 0 aliphatic heterocycles. The molecular formula is C68H134O7. The molecule has 2 unspecified atom stereocenters. The Morgan fingerprint density at radius 3 is 0.707 bits per heavy atom. The summed E-state index contributed by atoms with van der Waals surface area (Å²) in [5.41, 5.74) is 0. The van der Waals surface area contributed by atoms with Gasteiger partial charge in [0.25, 0.3) is 0 Å². The normalized spacial score (nSPS) is 13.0. The highest BCUT2D eigenvalue weighted by molar-refractivity contribution is 4.90. The first kappa shape index (κ1) is 74.2. The SMILES string of the molecule is CCCCCCCOC(C=CCCCCCCCCCC(OCCCCCCC)OCCCCCCC)OC(C=CCCCCCCCCCC(OCCCCCCC)OCCCCCCC)OCCCCCCC. The van der Waals surface area contributed by atoms with Crippen LogP contribution in [0, 0.1) is 0 Å². The number of unbranched alkanes of at least 4 members (excludes halogenated alkanes) is 38. The van der Waals surface area contributed by atoms with Gasteiger partial charge in [-0.25, -0.2) is 0 Å². The molecule has 2 atom stereocenters. The summed E-state index contributed by atoms with van der Waals surface area (Å²) < 4.78 is 44.5. The van der Waals surface area contributed by atoms with Crippen molar-refractivity contribution in [2.75, 3.05) is 39.6 Å². The molecule has 0 aliphatic rings. The molecule has 75 heavy (non-hydrogen) atoms. The summed E-state index contributed by atoms with van der Waals surface area (Å²) in [4.78, 5) is 0. The van der Waals surface area contributed by atoms with Gasteiger partial charge in [-0.1, -0.05) is 272 Å². The molecule has 0 aromatic heterocycles. The van der Waals surface area contributed by atoms with Gasteiger partial charge in [-0.05, 0) is 102 Å². The summed E-state index contributed by atoms with van der Waals surface area (Å²) in [5.74, 6) is 0.